The fourth-order valence-corrected chi connectivity index (χ4v) is 5.78. The molecular weight excluding hydrogens is 461 g/mol. The van der Waals surface area contributed by atoms with Crippen LogP contribution >= 0.6 is 0 Å². The van der Waals surface area contributed by atoms with Crippen LogP contribution in [0.4, 0.5) is 4.39 Å². The van der Waals surface area contributed by atoms with Crippen molar-refractivity contribution in [3.8, 4) is 0 Å². The molecular formula is C28H32FN3O4. The number of pyridine rings is 1. The molecule has 2 atom stereocenters. The van der Waals surface area contributed by atoms with Gasteiger partial charge in [-0.05, 0) is 56.7 Å². The largest absolute Gasteiger partial charge is 0.513 e. The molecule has 2 aliphatic heterocycles. The molecule has 3 heterocycles. The van der Waals surface area contributed by atoms with Gasteiger partial charge in [0.25, 0.3) is 0 Å². The third-order valence-corrected chi connectivity index (χ3v) is 7.81. The zero-order chi connectivity index (χ0) is 25.4. The molecule has 190 valence electrons. The summed E-state index contributed by atoms with van der Waals surface area (Å²) in [6.45, 7) is 4.70. The molecule has 5 rings (SSSR count). The predicted molar refractivity (Wildman–Crippen MR) is 135 cm³/mol. The fraction of sp³-hybridized carbons (Fsp3) is 0.429. The lowest BCUT2D eigenvalue weighted by atomic mass is 9.91. The molecule has 3 fully saturated rings. The molecule has 0 bridgehead atoms. The van der Waals surface area contributed by atoms with Gasteiger partial charge in [0.1, 0.15) is 23.3 Å². The number of benzene rings is 1. The Morgan fingerprint density at radius 2 is 1.92 bits per heavy atom. The first kappa shape index (κ1) is 24.3. The summed E-state index contributed by atoms with van der Waals surface area (Å²) in [5.41, 5.74) is 0.728. The fourth-order valence-electron chi connectivity index (χ4n) is 5.78. The van der Waals surface area contributed by atoms with E-state index in [1.807, 2.05) is 23.1 Å². The van der Waals surface area contributed by atoms with E-state index < -0.39 is 17.2 Å². The van der Waals surface area contributed by atoms with Crippen LogP contribution in [0.3, 0.4) is 0 Å². The normalized spacial score (nSPS) is 23.1. The number of piperidine rings is 1. The number of fused-ring (bicyclic) bond motifs is 1. The number of carbonyl (C=O) groups is 1. The number of aliphatic hydroxyl groups is 1. The van der Waals surface area contributed by atoms with Gasteiger partial charge in [0, 0.05) is 49.2 Å². The summed E-state index contributed by atoms with van der Waals surface area (Å²) in [6.07, 6.45) is 7.12. The number of rotatable bonds is 7. The average Bonchev–Trinajstić information content (AvgIpc) is 3.61. The first-order valence-corrected chi connectivity index (χ1v) is 12.6. The van der Waals surface area contributed by atoms with Gasteiger partial charge in [-0.3, -0.25) is 9.69 Å². The number of aliphatic hydroxyl groups excluding tert-OH is 1. The molecule has 1 aromatic heterocycles. The molecule has 0 radical (unpaired) electrons. The molecule has 7 nitrogen and oxygen atoms in total. The lowest BCUT2D eigenvalue weighted by Crippen LogP contribution is -2.44. The molecule has 1 aliphatic carbocycles. The Bertz CT molecular complexity index is 1270. The highest BCUT2D eigenvalue weighted by molar-refractivity contribution is 5.88. The minimum absolute atomic E-state index is 0.0148. The second kappa shape index (κ2) is 9.93. The Morgan fingerprint density at radius 3 is 2.58 bits per heavy atom. The third kappa shape index (κ3) is 4.69. The summed E-state index contributed by atoms with van der Waals surface area (Å²) >= 11 is 0. The van der Waals surface area contributed by atoms with Gasteiger partial charge in [-0.15, -0.1) is 0 Å². The molecule has 2 N–H and O–H groups in total. The Balaban J connectivity index is 1.41. The zero-order valence-electron chi connectivity index (χ0n) is 20.4. The smallest absolute Gasteiger partial charge is 0.341 e. The second-order valence-corrected chi connectivity index (χ2v) is 10.2. The highest BCUT2D eigenvalue weighted by Gasteiger charge is 2.40. The summed E-state index contributed by atoms with van der Waals surface area (Å²) in [5.74, 6) is -1.71. The van der Waals surface area contributed by atoms with Crippen molar-refractivity contribution in [1.29, 1.82) is 0 Å². The van der Waals surface area contributed by atoms with Gasteiger partial charge in [0.05, 0.1) is 0 Å². The van der Waals surface area contributed by atoms with Crippen LogP contribution in [0.1, 0.15) is 58.9 Å². The highest BCUT2D eigenvalue weighted by Crippen LogP contribution is 2.37. The Hall–Kier alpha value is -3.39. The van der Waals surface area contributed by atoms with Crippen molar-refractivity contribution >= 4 is 12.0 Å². The maximum Gasteiger partial charge on any atom is 0.341 e. The SMILES string of the molecule is Cc1c(/C=C(F)\C(=C\O)N2CC3CCCN(Cc4ccccc4)C3C2)c(=O)c(C(=O)O)cn1C1CC1. The zero-order valence-corrected chi connectivity index (χ0v) is 20.4. The highest BCUT2D eigenvalue weighted by atomic mass is 19.1. The molecule has 1 saturated carbocycles. The van der Waals surface area contributed by atoms with Gasteiger partial charge >= 0.3 is 5.97 Å². The standard InChI is InChI=1S/C28H32FN3O4/c1-18-22(27(34)23(28(35)36)15-32(18)21-9-10-21)12-24(29)26(17-33)31-14-20-8-5-11-30(25(20)16-31)13-19-6-3-2-4-7-19/h2-4,6-7,12,15,17,20-21,25,33H,5,8-11,13-14,16H2,1H3,(H,35,36)/b24-12+,26-17-. The summed E-state index contributed by atoms with van der Waals surface area (Å²) in [6, 6.07) is 10.7. The van der Waals surface area contributed by atoms with E-state index in [0.29, 0.717) is 24.7 Å². The molecule has 2 saturated heterocycles. The maximum atomic E-state index is 15.7. The third-order valence-electron chi connectivity index (χ3n) is 7.81. The minimum Gasteiger partial charge on any atom is -0.513 e. The van der Waals surface area contributed by atoms with Crippen molar-refractivity contribution in [1.82, 2.24) is 14.4 Å². The van der Waals surface area contributed by atoms with Crippen molar-refractivity contribution in [2.45, 2.75) is 51.2 Å². The van der Waals surface area contributed by atoms with Crippen molar-refractivity contribution in [2.75, 3.05) is 19.6 Å². The van der Waals surface area contributed by atoms with Crippen molar-refractivity contribution < 1.29 is 19.4 Å². The van der Waals surface area contributed by atoms with Gasteiger partial charge in [-0.25, -0.2) is 9.18 Å². The minimum atomic E-state index is -1.33. The van der Waals surface area contributed by atoms with Gasteiger partial charge in [0.2, 0.25) is 5.43 Å². The number of hydrogen-bond donors (Lipinski definition) is 2. The molecule has 1 aromatic carbocycles. The lowest BCUT2D eigenvalue weighted by Gasteiger charge is -2.36. The number of nitrogens with zero attached hydrogens (tertiary/aromatic N) is 3. The number of hydrogen-bond acceptors (Lipinski definition) is 5. The molecule has 2 unspecified atom stereocenters. The van der Waals surface area contributed by atoms with E-state index in [-0.39, 0.29) is 28.9 Å². The average molecular weight is 494 g/mol. The maximum absolute atomic E-state index is 15.7. The quantitative estimate of drug-likeness (QED) is 0.437. The van der Waals surface area contributed by atoms with E-state index in [2.05, 4.69) is 17.0 Å². The molecule has 8 heteroatoms. The molecule has 0 amide bonds. The molecule has 2 aromatic rings. The van der Waals surface area contributed by atoms with E-state index in [1.54, 1.807) is 11.5 Å². The van der Waals surface area contributed by atoms with Gasteiger partial charge in [0.15, 0.2) is 0 Å². The van der Waals surface area contributed by atoms with Crippen LogP contribution in [0, 0.1) is 12.8 Å². The van der Waals surface area contributed by atoms with Gasteiger partial charge in [-0.1, -0.05) is 30.3 Å². The monoisotopic (exact) mass is 493 g/mol. The Morgan fingerprint density at radius 1 is 1.17 bits per heavy atom. The number of likely N-dealkylation sites (tertiary alicyclic amines) is 2. The summed E-state index contributed by atoms with van der Waals surface area (Å²) in [4.78, 5) is 28.9. The van der Waals surface area contributed by atoms with Crippen LogP contribution < -0.4 is 5.43 Å². The van der Waals surface area contributed by atoms with Crippen LogP contribution in [0.25, 0.3) is 6.08 Å². The molecule has 3 aliphatic rings. The van der Waals surface area contributed by atoms with Crippen molar-refractivity contribution in [3.63, 3.8) is 0 Å². The number of halogens is 1. The second-order valence-electron chi connectivity index (χ2n) is 10.2. The Kier molecular flexibility index (Phi) is 6.71. The number of aromatic carboxylic acids is 1. The van der Waals surface area contributed by atoms with E-state index in [1.165, 1.54) is 11.8 Å². The topological polar surface area (TPSA) is 86.0 Å². The molecule has 0 spiro atoms. The number of carboxylic acids is 1. The van der Waals surface area contributed by atoms with Crippen LogP contribution in [0.5, 0.6) is 0 Å². The van der Waals surface area contributed by atoms with Crippen molar-refractivity contribution in [3.05, 3.63) is 86.9 Å². The van der Waals surface area contributed by atoms with Crippen molar-refractivity contribution in [2.24, 2.45) is 5.92 Å². The van der Waals surface area contributed by atoms with Crippen LogP contribution in [-0.2, 0) is 6.54 Å². The predicted octanol–water partition coefficient (Wildman–Crippen LogP) is 4.50. The summed E-state index contributed by atoms with van der Waals surface area (Å²) < 4.78 is 17.4. The van der Waals surface area contributed by atoms with E-state index in [4.69, 9.17) is 0 Å². The number of allylic oxidation sites excluding steroid dienone is 1. The first-order valence-electron chi connectivity index (χ1n) is 12.6. The number of aromatic nitrogens is 1. The van der Waals surface area contributed by atoms with Crippen LogP contribution in [0.2, 0.25) is 0 Å². The van der Waals surface area contributed by atoms with Gasteiger partial charge in [-0.2, -0.15) is 0 Å². The van der Waals surface area contributed by atoms with E-state index in [9.17, 15) is 19.8 Å². The first-order chi connectivity index (χ1) is 17.4. The van der Waals surface area contributed by atoms with E-state index >= 15 is 4.39 Å². The Labute approximate surface area is 209 Å². The number of carboxylic acid groups (broad SMARTS) is 1. The van der Waals surface area contributed by atoms with E-state index in [0.717, 1.165) is 51.1 Å². The molecule has 36 heavy (non-hydrogen) atoms. The van der Waals surface area contributed by atoms with Crippen LogP contribution in [0.15, 0.2) is 59.1 Å². The summed E-state index contributed by atoms with van der Waals surface area (Å²) in [7, 11) is 0. The summed E-state index contributed by atoms with van der Waals surface area (Å²) in [5, 5.41) is 19.6. The van der Waals surface area contributed by atoms with Crippen LogP contribution in [-0.4, -0.2) is 56.2 Å². The van der Waals surface area contributed by atoms with Gasteiger partial charge < -0.3 is 19.7 Å². The lowest BCUT2D eigenvalue weighted by molar-refractivity contribution is 0.0694.